The molecule has 0 spiro atoms. The van der Waals surface area contributed by atoms with Crippen LogP contribution in [0.3, 0.4) is 0 Å². The van der Waals surface area contributed by atoms with Gasteiger partial charge in [0.15, 0.2) is 0 Å². The number of amides is 1. The van der Waals surface area contributed by atoms with E-state index in [1.54, 1.807) is 12.1 Å². The first-order chi connectivity index (χ1) is 10.0. The minimum Gasteiger partial charge on any atom is -0.508 e. The predicted molar refractivity (Wildman–Crippen MR) is 82.8 cm³/mol. The molecule has 114 valence electrons. The fourth-order valence-electron chi connectivity index (χ4n) is 3.61. The second-order valence-electron chi connectivity index (χ2n) is 5.97. The summed E-state index contributed by atoms with van der Waals surface area (Å²) in [7, 11) is 0. The number of halogens is 2. The van der Waals surface area contributed by atoms with Crippen LogP contribution in [0.1, 0.15) is 30.7 Å². The average molecular weight is 329 g/mol. The second kappa shape index (κ2) is 5.67. The van der Waals surface area contributed by atoms with Gasteiger partial charge >= 0.3 is 0 Å². The van der Waals surface area contributed by atoms with Crippen LogP contribution in [0.25, 0.3) is 0 Å². The molecule has 0 bridgehead atoms. The van der Waals surface area contributed by atoms with E-state index in [4.69, 9.17) is 28.9 Å². The van der Waals surface area contributed by atoms with Gasteiger partial charge in [-0.1, -0.05) is 23.2 Å². The molecule has 2 fully saturated rings. The zero-order chi connectivity index (χ0) is 15.1. The molecule has 3 N–H and O–H groups in total. The summed E-state index contributed by atoms with van der Waals surface area (Å²) in [5.74, 6) is 0.599. The Morgan fingerprint density at radius 1 is 1.33 bits per heavy atom. The Kier molecular flexibility index (Phi) is 4.04. The van der Waals surface area contributed by atoms with Crippen LogP contribution in [0.2, 0.25) is 10.0 Å². The van der Waals surface area contributed by atoms with Gasteiger partial charge in [-0.25, -0.2) is 0 Å². The lowest BCUT2D eigenvalue weighted by molar-refractivity contribution is -0.136. The molecule has 2 unspecified atom stereocenters. The Balaban J connectivity index is 1.88. The van der Waals surface area contributed by atoms with Crippen molar-refractivity contribution in [3.63, 3.8) is 0 Å². The number of carbonyl (C=O) groups is 1. The molecule has 1 aromatic carbocycles. The zero-order valence-electron chi connectivity index (χ0n) is 11.6. The molecule has 2 aliphatic rings. The largest absolute Gasteiger partial charge is 0.508 e. The Bertz CT molecular complexity index is 579. The standard InChI is InChI=1S/C15H18Cl2N2O2/c16-11-1-2-12(20)14(15(11)17)9-5-10-3-8(6-18)4-13(21)19(10)7-9/h1-2,8-10,20H,3-7,18H2/t8?,9?,10-/m1/s1. The lowest BCUT2D eigenvalue weighted by Crippen LogP contribution is -2.44. The van der Waals surface area contributed by atoms with Crippen LogP contribution in [0.15, 0.2) is 12.1 Å². The maximum atomic E-state index is 12.2. The lowest BCUT2D eigenvalue weighted by Gasteiger charge is -2.33. The molecule has 1 aromatic rings. The van der Waals surface area contributed by atoms with Crippen molar-refractivity contribution in [2.75, 3.05) is 13.1 Å². The fourth-order valence-corrected chi connectivity index (χ4v) is 4.09. The molecule has 3 atom stereocenters. The minimum absolute atomic E-state index is 0.0293. The van der Waals surface area contributed by atoms with Gasteiger partial charge in [0.05, 0.1) is 10.0 Å². The van der Waals surface area contributed by atoms with Gasteiger partial charge in [0.25, 0.3) is 0 Å². The third kappa shape index (κ3) is 2.60. The average Bonchev–Trinajstić information content (AvgIpc) is 2.87. The van der Waals surface area contributed by atoms with Crippen LogP contribution in [0, 0.1) is 5.92 Å². The van der Waals surface area contributed by atoms with Gasteiger partial charge in [-0.2, -0.15) is 0 Å². The molecule has 21 heavy (non-hydrogen) atoms. The second-order valence-corrected chi connectivity index (χ2v) is 6.75. The molecule has 1 amide bonds. The molecule has 0 aromatic heterocycles. The maximum absolute atomic E-state index is 12.2. The van der Waals surface area contributed by atoms with Gasteiger partial charge in [0.2, 0.25) is 5.91 Å². The number of aromatic hydroxyl groups is 1. The summed E-state index contributed by atoms with van der Waals surface area (Å²) in [5.41, 5.74) is 6.38. The number of phenols is 1. The number of fused-ring (bicyclic) bond motifs is 1. The molecule has 0 radical (unpaired) electrons. The van der Waals surface area contributed by atoms with Gasteiger partial charge in [0.1, 0.15) is 5.75 Å². The van der Waals surface area contributed by atoms with Crippen molar-refractivity contribution in [3.05, 3.63) is 27.7 Å². The van der Waals surface area contributed by atoms with Crippen LogP contribution >= 0.6 is 23.2 Å². The first-order valence-electron chi connectivity index (χ1n) is 7.17. The van der Waals surface area contributed by atoms with Gasteiger partial charge in [-0.15, -0.1) is 0 Å². The molecule has 0 aliphatic carbocycles. The van der Waals surface area contributed by atoms with Crippen LogP contribution in [0.4, 0.5) is 0 Å². The quantitative estimate of drug-likeness (QED) is 0.877. The Morgan fingerprint density at radius 2 is 2.10 bits per heavy atom. The maximum Gasteiger partial charge on any atom is 0.223 e. The first-order valence-corrected chi connectivity index (χ1v) is 7.93. The van der Waals surface area contributed by atoms with E-state index in [1.165, 1.54) is 0 Å². The third-order valence-corrected chi connectivity index (χ3v) is 5.47. The number of phenolic OH excluding ortho intramolecular Hbond substituents is 1. The van der Waals surface area contributed by atoms with E-state index in [0.717, 1.165) is 12.8 Å². The Labute approximate surface area is 133 Å². The first kappa shape index (κ1) is 14.9. The van der Waals surface area contributed by atoms with Crippen LogP contribution in [-0.2, 0) is 4.79 Å². The van der Waals surface area contributed by atoms with E-state index in [0.29, 0.717) is 35.1 Å². The molecule has 2 saturated heterocycles. The number of nitrogens with zero attached hydrogens (tertiary/aromatic N) is 1. The number of carbonyl (C=O) groups excluding carboxylic acids is 1. The Hall–Kier alpha value is -0.970. The fraction of sp³-hybridized carbons (Fsp3) is 0.533. The highest BCUT2D eigenvalue weighted by molar-refractivity contribution is 6.42. The minimum atomic E-state index is 0.0293. The van der Waals surface area contributed by atoms with Crippen molar-refractivity contribution in [2.45, 2.75) is 31.2 Å². The van der Waals surface area contributed by atoms with E-state index in [-0.39, 0.29) is 29.5 Å². The van der Waals surface area contributed by atoms with Gasteiger partial charge in [-0.3, -0.25) is 4.79 Å². The highest BCUT2D eigenvalue weighted by Gasteiger charge is 2.42. The van der Waals surface area contributed by atoms with Crippen molar-refractivity contribution < 1.29 is 9.90 Å². The summed E-state index contributed by atoms with van der Waals surface area (Å²) < 4.78 is 0. The topological polar surface area (TPSA) is 66.6 Å². The van der Waals surface area contributed by atoms with Crippen LogP contribution < -0.4 is 5.73 Å². The molecule has 3 rings (SSSR count). The van der Waals surface area contributed by atoms with Crippen molar-refractivity contribution in [1.82, 2.24) is 4.90 Å². The van der Waals surface area contributed by atoms with Crippen molar-refractivity contribution in [1.29, 1.82) is 0 Å². The van der Waals surface area contributed by atoms with E-state index < -0.39 is 0 Å². The number of rotatable bonds is 2. The number of hydrogen-bond acceptors (Lipinski definition) is 3. The molecule has 2 aliphatic heterocycles. The van der Waals surface area contributed by atoms with E-state index >= 15 is 0 Å². The monoisotopic (exact) mass is 328 g/mol. The van der Waals surface area contributed by atoms with Crippen molar-refractivity contribution in [2.24, 2.45) is 11.7 Å². The molecular weight excluding hydrogens is 311 g/mol. The van der Waals surface area contributed by atoms with E-state index in [9.17, 15) is 9.90 Å². The van der Waals surface area contributed by atoms with Gasteiger partial charge in [-0.05, 0) is 37.4 Å². The Morgan fingerprint density at radius 3 is 2.81 bits per heavy atom. The van der Waals surface area contributed by atoms with Gasteiger partial charge < -0.3 is 15.7 Å². The molecule has 6 heteroatoms. The van der Waals surface area contributed by atoms with Gasteiger partial charge in [0, 0.05) is 30.5 Å². The number of benzene rings is 1. The SMILES string of the molecule is NCC1CC(=O)N2CC(c3c(O)ccc(Cl)c3Cl)C[C@H]2C1. The predicted octanol–water partition coefficient (Wildman–Crippen LogP) is 2.75. The summed E-state index contributed by atoms with van der Waals surface area (Å²) in [6.45, 7) is 1.14. The van der Waals surface area contributed by atoms with Crippen LogP contribution in [0.5, 0.6) is 5.75 Å². The van der Waals surface area contributed by atoms with Crippen molar-refractivity contribution >= 4 is 29.1 Å². The van der Waals surface area contributed by atoms with E-state index in [1.807, 2.05) is 4.90 Å². The van der Waals surface area contributed by atoms with Crippen molar-refractivity contribution in [3.8, 4) is 5.75 Å². The molecule has 4 nitrogen and oxygen atoms in total. The van der Waals surface area contributed by atoms with Crippen LogP contribution in [-0.4, -0.2) is 35.0 Å². The normalized spacial score (nSPS) is 28.8. The number of nitrogens with two attached hydrogens (primary N) is 1. The summed E-state index contributed by atoms with van der Waals surface area (Å²) in [6, 6.07) is 3.34. The highest BCUT2D eigenvalue weighted by atomic mass is 35.5. The highest BCUT2D eigenvalue weighted by Crippen LogP contribution is 2.45. The molecule has 0 saturated carbocycles. The molecular formula is C15H18Cl2N2O2. The third-order valence-electron chi connectivity index (χ3n) is 4.65. The van der Waals surface area contributed by atoms with E-state index in [2.05, 4.69) is 0 Å². The summed E-state index contributed by atoms with van der Waals surface area (Å²) in [5, 5.41) is 10.9. The smallest absolute Gasteiger partial charge is 0.223 e. The summed E-state index contributed by atoms with van der Waals surface area (Å²) in [4.78, 5) is 14.1. The summed E-state index contributed by atoms with van der Waals surface area (Å²) in [6.07, 6.45) is 2.25. The lowest BCUT2D eigenvalue weighted by atomic mass is 9.88. The number of piperidine rings is 1. The summed E-state index contributed by atoms with van der Waals surface area (Å²) >= 11 is 12.3. The number of hydrogen-bond donors (Lipinski definition) is 2. The zero-order valence-corrected chi connectivity index (χ0v) is 13.1. The molecule has 2 heterocycles.